The van der Waals surface area contributed by atoms with Gasteiger partial charge < -0.3 is 19.0 Å². The Bertz CT molecular complexity index is 430. The van der Waals surface area contributed by atoms with Gasteiger partial charge in [-0.25, -0.2) is 4.79 Å². The molecule has 1 aliphatic heterocycles. The first-order valence-electron chi connectivity index (χ1n) is 5.30. The monoisotopic (exact) mass is 238 g/mol. The first-order valence-corrected chi connectivity index (χ1v) is 5.30. The van der Waals surface area contributed by atoms with Crippen molar-refractivity contribution in [3.63, 3.8) is 0 Å². The van der Waals surface area contributed by atoms with E-state index in [1.54, 1.807) is 26.0 Å². The molecule has 0 unspecified atom stereocenters. The van der Waals surface area contributed by atoms with E-state index < -0.39 is 17.9 Å². The maximum atomic E-state index is 11.3. The van der Waals surface area contributed by atoms with Crippen molar-refractivity contribution in [2.75, 3.05) is 0 Å². The second-order valence-corrected chi connectivity index (χ2v) is 4.27. The summed E-state index contributed by atoms with van der Waals surface area (Å²) in [5.74, 6) is -0.645. The summed E-state index contributed by atoms with van der Waals surface area (Å²) in [4.78, 5) is 11.3. The number of furan rings is 1. The van der Waals surface area contributed by atoms with Crippen LogP contribution in [0.4, 0.5) is 0 Å². The van der Waals surface area contributed by atoms with Gasteiger partial charge in [-0.05, 0) is 12.1 Å². The first-order chi connectivity index (χ1) is 7.96. The fraction of sp³-hybridized carbons (Fsp3) is 0.417. The molecule has 0 aliphatic carbocycles. The maximum Gasteiger partial charge on any atom is 0.337 e. The molecule has 1 aromatic rings. The molecule has 0 saturated heterocycles. The van der Waals surface area contributed by atoms with Crippen molar-refractivity contribution in [3.8, 4) is 0 Å². The van der Waals surface area contributed by atoms with Crippen molar-refractivity contribution in [2.24, 2.45) is 0 Å². The van der Waals surface area contributed by atoms with E-state index in [9.17, 15) is 9.90 Å². The average Bonchev–Trinajstić information content (AvgIpc) is 2.65. The number of hydrogen-bond donors (Lipinski definition) is 1. The van der Waals surface area contributed by atoms with Crippen LogP contribution in [0, 0.1) is 0 Å². The van der Waals surface area contributed by atoms with Crippen molar-refractivity contribution in [1.82, 2.24) is 0 Å². The summed E-state index contributed by atoms with van der Waals surface area (Å²) >= 11 is 0. The van der Waals surface area contributed by atoms with Crippen LogP contribution in [0.25, 0.3) is 0 Å². The van der Waals surface area contributed by atoms with E-state index in [2.05, 4.69) is 0 Å². The normalized spacial score (nSPS) is 20.2. The van der Waals surface area contributed by atoms with E-state index in [0.29, 0.717) is 11.5 Å². The first kappa shape index (κ1) is 11.7. The van der Waals surface area contributed by atoms with Crippen molar-refractivity contribution >= 4 is 5.97 Å². The fourth-order valence-electron chi connectivity index (χ4n) is 1.64. The molecule has 0 radical (unpaired) electrons. The van der Waals surface area contributed by atoms with Crippen LogP contribution < -0.4 is 0 Å². The highest BCUT2D eigenvalue weighted by Gasteiger charge is 2.31. The van der Waals surface area contributed by atoms with E-state index in [0.717, 1.165) is 0 Å². The van der Waals surface area contributed by atoms with Crippen LogP contribution in [0.5, 0.6) is 0 Å². The lowest BCUT2D eigenvalue weighted by Gasteiger charge is -2.31. The summed E-state index contributed by atoms with van der Waals surface area (Å²) in [6.45, 7) is 3.27. The zero-order valence-electron chi connectivity index (χ0n) is 9.67. The second-order valence-electron chi connectivity index (χ2n) is 4.27. The largest absolute Gasteiger partial charge is 0.467 e. The molecule has 5 nitrogen and oxygen atoms in total. The topological polar surface area (TPSA) is 68.9 Å². The number of aliphatic hydroxyl groups is 1. The zero-order valence-corrected chi connectivity index (χ0v) is 9.67. The van der Waals surface area contributed by atoms with Gasteiger partial charge in [0.25, 0.3) is 0 Å². The average molecular weight is 238 g/mol. The van der Waals surface area contributed by atoms with Gasteiger partial charge in [-0.15, -0.1) is 0 Å². The minimum atomic E-state index is -0.996. The number of cyclic esters (lactones) is 1. The van der Waals surface area contributed by atoms with Gasteiger partial charge in [0, 0.05) is 20.3 Å². The van der Waals surface area contributed by atoms with Gasteiger partial charge in [-0.2, -0.15) is 0 Å². The Hall–Kier alpha value is -1.75. The molecule has 0 spiro atoms. The zero-order chi connectivity index (χ0) is 12.5. The molecule has 1 aromatic heterocycles. The minimum absolute atomic E-state index is 0.173. The van der Waals surface area contributed by atoms with E-state index in [4.69, 9.17) is 13.9 Å². The molecule has 0 fully saturated rings. The number of aliphatic hydroxyl groups excluding tert-OH is 1. The minimum Gasteiger partial charge on any atom is -0.467 e. The van der Waals surface area contributed by atoms with Gasteiger partial charge in [0.2, 0.25) is 5.79 Å². The molecule has 0 amide bonds. The van der Waals surface area contributed by atoms with Crippen LogP contribution in [0.2, 0.25) is 0 Å². The summed E-state index contributed by atoms with van der Waals surface area (Å²) in [7, 11) is 0. The predicted molar refractivity (Wildman–Crippen MR) is 57.6 cm³/mol. The third kappa shape index (κ3) is 2.88. The smallest absolute Gasteiger partial charge is 0.337 e. The quantitative estimate of drug-likeness (QED) is 0.814. The van der Waals surface area contributed by atoms with Crippen molar-refractivity contribution in [2.45, 2.75) is 32.2 Å². The van der Waals surface area contributed by atoms with E-state index in [1.807, 2.05) is 0 Å². The van der Waals surface area contributed by atoms with Crippen LogP contribution in [0.3, 0.4) is 0 Å². The van der Waals surface area contributed by atoms with Crippen molar-refractivity contribution < 1.29 is 23.8 Å². The molecule has 5 heteroatoms. The number of hydrogen-bond acceptors (Lipinski definition) is 5. The number of carbonyl (C=O) groups excluding carboxylic acids is 1. The van der Waals surface area contributed by atoms with Gasteiger partial charge in [0.15, 0.2) is 0 Å². The SMILES string of the molecule is CC1(C)OC(=O)C=C(C[C@H](O)c2ccco2)O1. The van der Waals surface area contributed by atoms with Crippen molar-refractivity contribution in [3.05, 3.63) is 36.0 Å². The Labute approximate surface area is 98.6 Å². The standard InChI is InChI=1S/C12H14O5/c1-12(2)16-8(7-11(14)17-12)6-9(13)10-4-3-5-15-10/h3-5,7,9,13H,6H2,1-2H3/t9-/m0/s1. The van der Waals surface area contributed by atoms with Crippen molar-refractivity contribution in [1.29, 1.82) is 0 Å². The van der Waals surface area contributed by atoms with Crippen LogP contribution in [0.1, 0.15) is 32.1 Å². The molecule has 0 bridgehead atoms. The van der Waals surface area contributed by atoms with Crippen LogP contribution >= 0.6 is 0 Å². The molecule has 92 valence electrons. The van der Waals surface area contributed by atoms with E-state index >= 15 is 0 Å². The van der Waals surface area contributed by atoms with Gasteiger partial charge in [0.05, 0.1) is 12.3 Å². The highest BCUT2D eigenvalue weighted by molar-refractivity contribution is 5.83. The summed E-state index contributed by atoms with van der Waals surface area (Å²) in [6, 6.07) is 3.35. The van der Waals surface area contributed by atoms with Crippen LogP contribution in [-0.4, -0.2) is 16.9 Å². The molecule has 1 atom stereocenters. The second kappa shape index (κ2) is 4.25. The lowest BCUT2D eigenvalue weighted by molar-refractivity contribution is -0.206. The fourth-order valence-corrected chi connectivity index (χ4v) is 1.64. The maximum absolute atomic E-state index is 11.3. The highest BCUT2D eigenvalue weighted by atomic mass is 16.7. The molecule has 17 heavy (non-hydrogen) atoms. The van der Waals surface area contributed by atoms with Gasteiger partial charge in [-0.1, -0.05) is 0 Å². The Morgan fingerprint density at radius 2 is 2.18 bits per heavy atom. The molecular weight excluding hydrogens is 224 g/mol. The number of rotatable bonds is 3. The Morgan fingerprint density at radius 1 is 1.41 bits per heavy atom. The predicted octanol–water partition coefficient (Wildman–Crippen LogP) is 1.90. The Balaban J connectivity index is 2.06. The number of carbonyl (C=O) groups is 1. The number of esters is 1. The highest BCUT2D eigenvalue weighted by Crippen LogP contribution is 2.28. The third-order valence-corrected chi connectivity index (χ3v) is 2.27. The Morgan fingerprint density at radius 3 is 2.76 bits per heavy atom. The van der Waals surface area contributed by atoms with E-state index in [-0.39, 0.29) is 6.42 Å². The summed E-state index contributed by atoms with van der Waals surface area (Å²) in [5, 5.41) is 9.85. The summed E-state index contributed by atoms with van der Waals surface area (Å²) < 4.78 is 15.4. The summed E-state index contributed by atoms with van der Waals surface area (Å²) in [5.41, 5.74) is 0. The molecule has 1 aliphatic rings. The van der Waals surface area contributed by atoms with Crippen LogP contribution in [0.15, 0.2) is 34.6 Å². The summed E-state index contributed by atoms with van der Waals surface area (Å²) in [6.07, 6.45) is 2.05. The van der Waals surface area contributed by atoms with Crippen LogP contribution in [-0.2, 0) is 14.3 Å². The lowest BCUT2D eigenvalue weighted by atomic mass is 10.1. The van der Waals surface area contributed by atoms with Gasteiger partial charge in [0.1, 0.15) is 17.6 Å². The molecule has 1 N–H and O–H groups in total. The van der Waals surface area contributed by atoms with E-state index in [1.165, 1.54) is 12.3 Å². The molecule has 2 heterocycles. The van der Waals surface area contributed by atoms with Gasteiger partial charge in [-0.3, -0.25) is 0 Å². The number of ether oxygens (including phenoxy) is 2. The van der Waals surface area contributed by atoms with Gasteiger partial charge >= 0.3 is 5.97 Å². The molecule has 0 saturated carbocycles. The third-order valence-electron chi connectivity index (χ3n) is 2.27. The Kier molecular flexibility index (Phi) is 2.93. The lowest BCUT2D eigenvalue weighted by Crippen LogP contribution is -2.34. The molecule has 0 aromatic carbocycles. The molecule has 2 rings (SSSR count). The molecular formula is C12H14O5.